The van der Waals surface area contributed by atoms with Gasteiger partial charge in [0.25, 0.3) is 5.91 Å². The number of halogens is 3. The molecule has 148 valence electrons. The first-order valence-corrected chi connectivity index (χ1v) is 10.1. The second kappa shape index (κ2) is 8.76. The van der Waals surface area contributed by atoms with Crippen molar-refractivity contribution in [3.63, 3.8) is 0 Å². The highest BCUT2D eigenvalue weighted by Gasteiger charge is 2.28. The average Bonchev–Trinajstić information content (AvgIpc) is 2.65. The molecule has 1 atom stereocenters. The topological polar surface area (TPSA) is 43.9 Å². The lowest BCUT2D eigenvalue weighted by Crippen LogP contribution is -2.53. The summed E-state index contributed by atoms with van der Waals surface area (Å²) in [6.45, 7) is 5.47. The molecule has 27 heavy (non-hydrogen) atoms. The minimum absolute atomic E-state index is 0.105. The molecule has 0 aromatic heterocycles. The Balaban J connectivity index is 1.55. The fourth-order valence-electron chi connectivity index (χ4n) is 3.72. The first-order chi connectivity index (χ1) is 12.9. The van der Waals surface area contributed by atoms with E-state index in [0.717, 1.165) is 25.5 Å². The van der Waals surface area contributed by atoms with Crippen LogP contribution in [0.4, 0.5) is 4.39 Å². The van der Waals surface area contributed by atoms with Crippen molar-refractivity contribution in [2.24, 2.45) is 0 Å². The SMILES string of the molecule is C[C@H]1CCCCN1C(=O)CN1CCN(C(=O)c2cc(F)c(Cl)cc2Cl)CC1. The summed E-state index contributed by atoms with van der Waals surface area (Å²) in [5.74, 6) is -0.819. The molecule has 0 radical (unpaired) electrons. The number of nitrogens with zero attached hydrogens (tertiary/aromatic N) is 3. The van der Waals surface area contributed by atoms with Crippen LogP contribution < -0.4 is 0 Å². The maximum atomic E-state index is 13.7. The van der Waals surface area contributed by atoms with Gasteiger partial charge in [0, 0.05) is 38.8 Å². The Morgan fingerprint density at radius 2 is 1.78 bits per heavy atom. The quantitative estimate of drug-likeness (QED) is 0.711. The standard InChI is InChI=1S/C19H24Cl2FN3O2/c1-13-4-2-3-5-25(13)18(26)12-23-6-8-24(9-7-23)19(27)14-10-17(22)16(21)11-15(14)20/h10-11,13H,2-9,12H2,1H3/t13-/m0/s1. The second-order valence-corrected chi connectivity index (χ2v) is 8.06. The van der Waals surface area contributed by atoms with Crippen LogP contribution in [0, 0.1) is 5.82 Å². The molecule has 2 amide bonds. The van der Waals surface area contributed by atoms with Crippen LogP contribution in [0.2, 0.25) is 10.0 Å². The average molecular weight is 416 g/mol. The molecule has 1 aromatic carbocycles. The van der Waals surface area contributed by atoms with E-state index in [4.69, 9.17) is 23.2 Å². The first-order valence-electron chi connectivity index (χ1n) is 9.32. The highest BCUT2D eigenvalue weighted by Crippen LogP contribution is 2.26. The minimum atomic E-state index is -0.663. The van der Waals surface area contributed by atoms with Gasteiger partial charge in [-0.3, -0.25) is 14.5 Å². The molecule has 0 aliphatic carbocycles. The normalized spacial score (nSPS) is 21.4. The van der Waals surface area contributed by atoms with E-state index in [0.29, 0.717) is 38.8 Å². The molecule has 0 spiro atoms. The molecule has 3 rings (SSSR count). The molecule has 5 nitrogen and oxygen atoms in total. The molecule has 2 heterocycles. The largest absolute Gasteiger partial charge is 0.339 e. The Morgan fingerprint density at radius 1 is 1.07 bits per heavy atom. The molecule has 2 fully saturated rings. The lowest BCUT2D eigenvalue weighted by Gasteiger charge is -2.38. The number of likely N-dealkylation sites (tertiary alicyclic amines) is 1. The van der Waals surface area contributed by atoms with Gasteiger partial charge in [-0.15, -0.1) is 0 Å². The number of carbonyl (C=O) groups excluding carboxylic acids is 2. The van der Waals surface area contributed by atoms with Gasteiger partial charge in [0.2, 0.25) is 5.91 Å². The zero-order valence-corrected chi connectivity index (χ0v) is 16.9. The van der Waals surface area contributed by atoms with E-state index >= 15 is 0 Å². The van der Waals surface area contributed by atoms with E-state index in [2.05, 4.69) is 11.8 Å². The summed E-state index contributed by atoms with van der Waals surface area (Å²) in [6.07, 6.45) is 3.31. The number of amides is 2. The van der Waals surface area contributed by atoms with Crippen molar-refractivity contribution < 1.29 is 14.0 Å². The molecule has 8 heteroatoms. The highest BCUT2D eigenvalue weighted by atomic mass is 35.5. The van der Waals surface area contributed by atoms with Crippen molar-refractivity contribution in [2.45, 2.75) is 32.2 Å². The van der Waals surface area contributed by atoms with Crippen LogP contribution >= 0.6 is 23.2 Å². The number of benzene rings is 1. The third-order valence-corrected chi connectivity index (χ3v) is 5.98. The summed E-state index contributed by atoms with van der Waals surface area (Å²) in [7, 11) is 0. The van der Waals surface area contributed by atoms with E-state index in [1.807, 2.05) is 4.90 Å². The van der Waals surface area contributed by atoms with Crippen LogP contribution in [0.15, 0.2) is 12.1 Å². The summed E-state index contributed by atoms with van der Waals surface area (Å²) < 4.78 is 13.7. The molecular formula is C19H24Cl2FN3O2. The number of piperidine rings is 1. The summed E-state index contributed by atoms with van der Waals surface area (Å²) in [4.78, 5) is 30.9. The van der Waals surface area contributed by atoms with Gasteiger partial charge < -0.3 is 9.80 Å². The monoisotopic (exact) mass is 415 g/mol. The summed E-state index contributed by atoms with van der Waals surface area (Å²) in [5, 5.41) is 0.0370. The van der Waals surface area contributed by atoms with Gasteiger partial charge in [-0.2, -0.15) is 0 Å². The van der Waals surface area contributed by atoms with E-state index in [9.17, 15) is 14.0 Å². The molecule has 0 saturated carbocycles. The number of piperazine rings is 1. The fraction of sp³-hybridized carbons (Fsp3) is 0.579. The first kappa shape index (κ1) is 20.4. The Morgan fingerprint density at radius 3 is 2.44 bits per heavy atom. The summed E-state index contributed by atoms with van der Waals surface area (Å²) >= 11 is 11.7. The smallest absolute Gasteiger partial charge is 0.255 e. The van der Waals surface area contributed by atoms with Crippen molar-refractivity contribution in [3.05, 3.63) is 33.6 Å². The van der Waals surface area contributed by atoms with E-state index < -0.39 is 5.82 Å². The van der Waals surface area contributed by atoms with Crippen molar-refractivity contribution >= 4 is 35.0 Å². The van der Waals surface area contributed by atoms with Crippen molar-refractivity contribution in [1.82, 2.24) is 14.7 Å². The van der Waals surface area contributed by atoms with Gasteiger partial charge in [0.15, 0.2) is 0 Å². The zero-order chi connectivity index (χ0) is 19.6. The Kier molecular flexibility index (Phi) is 6.61. The van der Waals surface area contributed by atoms with E-state index in [1.165, 1.54) is 12.5 Å². The molecule has 1 aromatic rings. The van der Waals surface area contributed by atoms with Gasteiger partial charge in [-0.25, -0.2) is 4.39 Å². The summed E-state index contributed by atoms with van der Waals surface area (Å²) in [6, 6.07) is 2.64. The van der Waals surface area contributed by atoms with Crippen LogP contribution in [0.25, 0.3) is 0 Å². The van der Waals surface area contributed by atoms with Crippen molar-refractivity contribution in [3.8, 4) is 0 Å². The summed E-state index contributed by atoms with van der Waals surface area (Å²) in [5.41, 5.74) is 0.116. The van der Waals surface area contributed by atoms with Crippen LogP contribution in [0.5, 0.6) is 0 Å². The van der Waals surface area contributed by atoms with E-state index in [-0.39, 0.29) is 27.4 Å². The van der Waals surface area contributed by atoms with Gasteiger partial charge >= 0.3 is 0 Å². The van der Waals surface area contributed by atoms with Crippen molar-refractivity contribution in [2.75, 3.05) is 39.3 Å². The third-order valence-electron chi connectivity index (χ3n) is 5.38. The van der Waals surface area contributed by atoms with E-state index in [1.54, 1.807) is 4.90 Å². The maximum absolute atomic E-state index is 13.7. The van der Waals surface area contributed by atoms with Gasteiger partial charge in [0.1, 0.15) is 5.82 Å². The lowest BCUT2D eigenvalue weighted by molar-refractivity contribution is -0.136. The second-order valence-electron chi connectivity index (χ2n) is 7.25. The molecule has 0 unspecified atom stereocenters. The maximum Gasteiger partial charge on any atom is 0.255 e. The van der Waals surface area contributed by atoms with Crippen molar-refractivity contribution in [1.29, 1.82) is 0 Å². The zero-order valence-electron chi connectivity index (χ0n) is 15.4. The van der Waals surface area contributed by atoms with Gasteiger partial charge in [0.05, 0.1) is 22.2 Å². The van der Waals surface area contributed by atoms with Gasteiger partial charge in [-0.1, -0.05) is 23.2 Å². The highest BCUT2D eigenvalue weighted by molar-refractivity contribution is 6.36. The molecule has 0 N–H and O–H groups in total. The number of hydrogen-bond acceptors (Lipinski definition) is 3. The Hall–Kier alpha value is -1.37. The molecule has 2 aliphatic rings. The minimum Gasteiger partial charge on any atom is -0.339 e. The number of carbonyl (C=O) groups is 2. The Labute approximate surface area is 169 Å². The van der Waals surface area contributed by atoms with Gasteiger partial charge in [-0.05, 0) is 38.3 Å². The fourth-order valence-corrected chi connectivity index (χ4v) is 4.18. The Bertz CT molecular complexity index is 723. The molecular weight excluding hydrogens is 392 g/mol. The van der Waals surface area contributed by atoms with Crippen LogP contribution in [0.1, 0.15) is 36.5 Å². The molecule has 2 saturated heterocycles. The predicted octanol–water partition coefficient (Wildman–Crippen LogP) is 3.29. The molecule has 2 aliphatic heterocycles. The lowest BCUT2D eigenvalue weighted by atomic mass is 10.0. The van der Waals surface area contributed by atoms with Crippen LogP contribution in [-0.4, -0.2) is 71.8 Å². The number of hydrogen-bond donors (Lipinski definition) is 0. The van der Waals surface area contributed by atoms with Crippen LogP contribution in [0.3, 0.4) is 0 Å². The molecule has 0 bridgehead atoms. The predicted molar refractivity (Wildman–Crippen MR) is 104 cm³/mol. The third kappa shape index (κ3) is 4.73. The number of rotatable bonds is 3. The van der Waals surface area contributed by atoms with Crippen LogP contribution in [-0.2, 0) is 4.79 Å².